The topological polar surface area (TPSA) is 119 Å². The van der Waals surface area contributed by atoms with E-state index in [0.717, 1.165) is 5.69 Å². The van der Waals surface area contributed by atoms with Crippen LogP contribution in [0.5, 0.6) is 0 Å². The summed E-state index contributed by atoms with van der Waals surface area (Å²) in [6.07, 6.45) is -0.298. The maximum absolute atomic E-state index is 9.91. The molecule has 0 amide bonds. The van der Waals surface area contributed by atoms with Gasteiger partial charge in [0.05, 0.1) is 5.60 Å². The van der Waals surface area contributed by atoms with Crippen molar-refractivity contribution in [1.82, 2.24) is 20.6 Å². The number of anilines is 3. The van der Waals surface area contributed by atoms with Crippen LogP contribution in [-0.4, -0.2) is 60.5 Å². The van der Waals surface area contributed by atoms with E-state index in [1.807, 2.05) is 7.05 Å². The predicted molar refractivity (Wildman–Crippen MR) is 88.4 cm³/mol. The average molecular weight is 308 g/mol. The van der Waals surface area contributed by atoms with E-state index in [-0.39, 0.29) is 6.29 Å². The smallest absolute Gasteiger partial charge is 0.225 e. The van der Waals surface area contributed by atoms with E-state index in [4.69, 9.17) is 0 Å². The number of aromatic nitrogens is 2. The van der Waals surface area contributed by atoms with Gasteiger partial charge in [0.25, 0.3) is 0 Å². The first-order valence-corrected chi connectivity index (χ1v) is 7.13. The molecule has 9 nitrogen and oxygen atoms in total. The second kappa shape index (κ2) is 6.32. The van der Waals surface area contributed by atoms with E-state index in [1.54, 1.807) is 27.9 Å². The Labute approximate surface area is 130 Å². The summed E-state index contributed by atoms with van der Waals surface area (Å²) in [4.78, 5) is 13.4. The summed E-state index contributed by atoms with van der Waals surface area (Å²) in [6, 6.07) is 0. The summed E-state index contributed by atoms with van der Waals surface area (Å²) in [5, 5.41) is 25.3. The highest BCUT2D eigenvalue weighted by Crippen LogP contribution is 2.28. The van der Waals surface area contributed by atoms with Crippen molar-refractivity contribution in [3.8, 4) is 0 Å². The van der Waals surface area contributed by atoms with E-state index < -0.39 is 5.60 Å². The Balaban J connectivity index is 2.43. The zero-order valence-electron chi connectivity index (χ0n) is 13.6. The number of nitrogens with one attached hydrogen (secondary N) is 5. The normalized spacial score (nSPS) is 17.2. The standard InChI is InChI=1S/C13H24N8O/c1-13(2,22)6-17-10-8-7(18-12(16-5)21-10)9(14-3)20-11(15-4)19-8/h12,16,18,22H,6H2,1-5H3,(H,17,21)(H2,14,15,19,20). The Morgan fingerprint density at radius 2 is 1.91 bits per heavy atom. The van der Waals surface area contributed by atoms with Crippen LogP contribution in [-0.2, 0) is 0 Å². The molecule has 9 heteroatoms. The van der Waals surface area contributed by atoms with Crippen molar-refractivity contribution < 1.29 is 5.11 Å². The quantitative estimate of drug-likeness (QED) is 0.435. The molecule has 2 rings (SSSR count). The third kappa shape index (κ3) is 3.55. The van der Waals surface area contributed by atoms with Crippen LogP contribution in [0, 0.1) is 0 Å². The number of hydrogen-bond donors (Lipinski definition) is 6. The van der Waals surface area contributed by atoms with Crippen LogP contribution in [0.15, 0.2) is 4.99 Å². The van der Waals surface area contributed by atoms with Crippen molar-refractivity contribution in [2.24, 2.45) is 4.99 Å². The van der Waals surface area contributed by atoms with Gasteiger partial charge in [0.15, 0.2) is 17.9 Å². The minimum atomic E-state index is -0.854. The van der Waals surface area contributed by atoms with Crippen LogP contribution in [0.1, 0.15) is 19.5 Å². The molecular formula is C13H24N8O. The third-order valence-electron chi connectivity index (χ3n) is 3.09. The Morgan fingerprint density at radius 3 is 2.45 bits per heavy atom. The molecule has 1 atom stereocenters. The molecule has 0 saturated carbocycles. The molecule has 0 radical (unpaired) electrons. The fraction of sp³-hybridized carbons (Fsp3) is 0.615. The first-order chi connectivity index (χ1) is 10.4. The summed E-state index contributed by atoms with van der Waals surface area (Å²) < 4.78 is 0. The minimum absolute atomic E-state index is 0.298. The monoisotopic (exact) mass is 308 g/mol. The predicted octanol–water partition coefficient (Wildman–Crippen LogP) is -0.404. The zero-order chi connectivity index (χ0) is 16.3. The van der Waals surface area contributed by atoms with E-state index in [9.17, 15) is 5.11 Å². The molecule has 0 bridgehead atoms. The fourth-order valence-corrected chi connectivity index (χ4v) is 1.99. The van der Waals surface area contributed by atoms with E-state index in [1.165, 1.54) is 0 Å². The molecule has 6 N–H and O–H groups in total. The molecule has 0 fully saturated rings. The number of aliphatic imine (C=N–C) groups is 1. The van der Waals surface area contributed by atoms with Crippen LogP contribution in [0.4, 0.5) is 17.5 Å². The van der Waals surface area contributed by atoms with Crippen LogP contribution in [0.25, 0.3) is 0 Å². The Kier molecular flexibility index (Phi) is 4.67. The third-order valence-corrected chi connectivity index (χ3v) is 3.09. The average Bonchev–Trinajstić information content (AvgIpc) is 2.50. The van der Waals surface area contributed by atoms with Gasteiger partial charge < -0.3 is 26.4 Å². The van der Waals surface area contributed by atoms with Gasteiger partial charge in [-0.2, -0.15) is 4.98 Å². The first-order valence-electron chi connectivity index (χ1n) is 7.13. The van der Waals surface area contributed by atoms with Gasteiger partial charge in [-0.3, -0.25) is 5.32 Å². The minimum Gasteiger partial charge on any atom is -0.389 e. The molecule has 1 aromatic heterocycles. The SMILES string of the molecule is CNc1nc(NC)c2c(n1)C(NCC(C)(C)O)=NC(NC)N2. The maximum Gasteiger partial charge on any atom is 0.225 e. The summed E-state index contributed by atoms with van der Waals surface area (Å²) in [6.45, 7) is 3.82. The van der Waals surface area contributed by atoms with Gasteiger partial charge in [-0.15, -0.1) is 0 Å². The molecule has 122 valence electrons. The highest BCUT2D eigenvalue weighted by Gasteiger charge is 2.26. The fourth-order valence-electron chi connectivity index (χ4n) is 1.99. The number of fused-ring (bicyclic) bond motifs is 1. The Bertz CT molecular complexity index is 566. The molecule has 1 unspecified atom stereocenters. The highest BCUT2D eigenvalue weighted by molar-refractivity contribution is 6.05. The van der Waals surface area contributed by atoms with Crippen LogP contribution in [0.3, 0.4) is 0 Å². The molecule has 0 spiro atoms. The summed E-state index contributed by atoms with van der Waals surface area (Å²) in [7, 11) is 5.37. The van der Waals surface area contributed by atoms with Gasteiger partial charge in [0, 0.05) is 20.6 Å². The molecular weight excluding hydrogens is 284 g/mol. The van der Waals surface area contributed by atoms with Gasteiger partial charge in [-0.05, 0) is 20.9 Å². The lowest BCUT2D eigenvalue weighted by atomic mass is 10.1. The number of rotatable bonds is 5. The zero-order valence-corrected chi connectivity index (χ0v) is 13.6. The number of amidine groups is 1. The van der Waals surface area contributed by atoms with Gasteiger partial charge in [-0.25, -0.2) is 9.98 Å². The second-order valence-corrected chi connectivity index (χ2v) is 5.60. The maximum atomic E-state index is 9.91. The van der Waals surface area contributed by atoms with Gasteiger partial charge in [-0.1, -0.05) is 0 Å². The van der Waals surface area contributed by atoms with Crippen molar-refractivity contribution in [3.63, 3.8) is 0 Å². The van der Waals surface area contributed by atoms with Crippen molar-refractivity contribution >= 4 is 23.3 Å². The molecule has 2 heterocycles. The van der Waals surface area contributed by atoms with Crippen molar-refractivity contribution in [3.05, 3.63) is 5.69 Å². The lowest BCUT2D eigenvalue weighted by Crippen LogP contribution is -2.44. The Morgan fingerprint density at radius 1 is 1.18 bits per heavy atom. The largest absolute Gasteiger partial charge is 0.389 e. The summed E-state index contributed by atoms with van der Waals surface area (Å²) in [5.74, 6) is 1.77. The molecule has 1 aliphatic heterocycles. The Hall–Kier alpha value is -2.13. The highest BCUT2D eigenvalue weighted by atomic mass is 16.3. The van der Waals surface area contributed by atoms with E-state index in [0.29, 0.717) is 29.8 Å². The number of hydrogen-bond acceptors (Lipinski definition) is 9. The van der Waals surface area contributed by atoms with Crippen molar-refractivity contribution in [2.75, 3.05) is 43.6 Å². The van der Waals surface area contributed by atoms with Gasteiger partial charge >= 0.3 is 0 Å². The van der Waals surface area contributed by atoms with Crippen LogP contribution < -0.4 is 26.6 Å². The molecule has 0 saturated heterocycles. The van der Waals surface area contributed by atoms with Crippen LogP contribution in [0.2, 0.25) is 0 Å². The van der Waals surface area contributed by atoms with E-state index >= 15 is 0 Å². The number of nitrogens with zero attached hydrogens (tertiary/aromatic N) is 3. The van der Waals surface area contributed by atoms with Crippen molar-refractivity contribution in [1.29, 1.82) is 0 Å². The summed E-state index contributed by atoms with van der Waals surface area (Å²) in [5.41, 5.74) is 0.557. The second-order valence-electron chi connectivity index (χ2n) is 5.60. The molecule has 0 aliphatic carbocycles. The summed E-state index contributed by atoms with van der Waals surface area (Å²) >= 11 is 0. The van der Waals surface area contributed by atoms with E-state index in [2.05, 4.69) is 41.5 Å². The molecule has 1 aromatic rings. The lowest BCUT2D eigenvalue weighted by molar-refractivity contribution is 0.0849. The molecule has 22 heavy (non-hydrogen) atoms. The van der Waals surface area contributed by atoms with Gasteiger partial charge in [0.1, 0.15) is 11.4 Å². The van der Waals surface area contributed by atoms with Crippen molar-refractivity contribution in [2.45, 2.75) is 25.7 Å². The number of aliphatic hydroxyl groups is 1. The molecule has 1 aliphatic rings. The lowest BCUT2D eigenvalue weighted by Gasteiger charge is -2.28. The molecule has 0 aromatic carbocycles. The van der Waals surface area contributed by atoms with Gasteiger partial charge in [0.2, 0.25) is 5.95 Å². The first kappa shape index (κ1) is 16.2. The van der Waals surface area contributed by atoms with Crippen LogP contribution >= 0.6 is 0 Å².